The van der Waals surface area contributed by atoms with Crippen LogP contribution in [0.4, 0.5) is 11.9 Å². The zero-order valence-electron chi connectivity index (χ0n) is 19.9. The van der Waals surface area contributed by atoms with Gasteiger partial charge < -0.3 is 14.7 Å². The monoisotopic (exact) mass is 454 g/mol. The Balaban J connectivity index is 0.000000182. The van der Waals surface area contributed by atoms with Crippen LogP contribution in [0.15, 0.2) is 24.8 Å². The Morgan fingerprint density at radius 2 is 1.12 bits per heavy atom. The molecule has 33 heavy (non-hydrogen) atoms. The number of nitrogens with zero attached hydrogens (tertiary/aromatic N) is 8. The lowest BCUT2D eigenvalue weighted by Gasteiger charge is -2.21. The SMILES string of the molecule is C.Cc1cnc(N2CCCN(C)CC2)nc1.Cc1cnc(N2CCCN(C3CC3)CC2)nc1. The van der Waals surface area contributed by atoms with Crippen LogP contribution in [-0.2, 0) is 0 Å². The minimum Gasteiger partial charge on any atom is -0.339 e. The van der Waals surface area contributed by atoms with Crippen LogP contribution in [0.25, 0.3) is 0 Å². The first-order valence-corrected chi connectivity index (χ1v) is 12.1. The molecule has 0 radical (unpaired) electrons. The number of aryl methyl sites for hydroxylation is 2. The van der Waals surface area contributed by atoms with Crippen molar-refractivity contribution >= 4 is 11.9 Å². The summed E-state index contributed by atoms with van der Waals surface area (Å²) in [5.74, 6) is 1.77. The van der Waals surface area contributed by atoms with Gasteiger partial charge in [-0.25, -0.2) is 19.9 Å². The van der Waals surface area contributed by atoms with Gasteiger partial charge in [-0.2, -0.15) is 0 Å². The predicted molar refractivity (Wildman–Crippen MR) is 136 cm³/mol. The highest BCUT2D eigenvalue weighted by molar-refractivity contribution is 5.30. The van der Waals surface area contributed by atoms with Gasteiger partial charge in [0.2, 0.25) is 11.9 Å². The minimum absolute atomic E-state index is 0. The van der Waals surface area contributed by atoms with E-state index < -0.39 is 0 Å². The molecule has 2 aromatic heterocycles. The molecule has 4 heterocycles. The number of hydrogen-bond donors (Lipinski definition) is 0. The summed E-state index contributed by atoms with van der Waals surface area (Å²) in [6.07, 6.45) is 12.8. The molecule has 2 aromatic rings. The van der Waals surface area contributed by atoms with Crippen molar-refractivity contribution in [3.8, 4) is 0 Å². The summed E-state index contributed by atoms with van der Waals surface area (Å²) in [5, 5.41) is 0. The highest BCUT2D eigenvalue weighted by Gasteiger charge is 2.30. The molecule has 0 aromatic carbocycles. The van der Waals surface area contributed by atoms with E-state index >= 15 is 0 Å². The highest BCUT2D eigenvalue weighted by atomic mass is 15.3. The summed E-state index contributed by atoms with van der Waals surface area (Å²) in [5.41, 5.74) is 2.24. The van der Waals surface area contributed by atoms with Crippen molar-refractivity contribution in [2.45, 2.75) is 53.0 Å². The molecule has 8 nitrogen and oxygen atoms in total. The molecule has 0 N–H and O–H groups in total. The molecule has 1 saturated carbocycles. The standard InChI is InChI=1S/C13H20N4.C11H18N4.CH4/c1-11-9-14-13(15-10-11)17-6-2-5-16(7-8-17)12-3-4-12;1-10-8-12-11(13-9-10)15-5-3-4-14(2)6-7-15;/h9-10,12H,2-8H2,1H3;8-9H,3-7H2,1-2H3;1H4. The van der Waals surface area contributed by atoms with E-state index in [0.717, 1.165) is 61.8 Å². The van der Waals surface area contributed by atoms with Crippen LogP contribution >= 0.6 is 0 Å². The van der Waals surface area contributed by atoms with E-state index in [-0.39, 0.29) is 7.43 Å². The maximum absolute atomic E-state index is 4.43. The number of anilines is 2. The van der Waals surface area contributed by atoms with Gasteiger partial charge in [-0.15, -0.1) is 0 Å². The van der Waals surface area contributed by atoms with E-state index in [1.165, 1.54) is 45.3 Å². The van der Waals surface area contributed by atoms with Crippen LogP contribution in [0.1, 0.15) is 44.2 Å². The van der Waals surface area contributed by atoms with Crippen molar-refractivity contribution < 1.29 is 0 Å². The van der Waals surface area contributed by atoms with Crippen LogP contribution in [-0.4, -0.2) is 95.2 Å². The van der Waals surface area contributed by atoms with Crippen LogP contribution in [0.3, 0.4) is 0 Å². The lowest BCUT2D eigenvalue weighted by Crippen LogP contribution is -2.32. The van der Waals surface area contributed by atoms with Gasteiger partial charge in [0.05, 0.1) is 0 Å². The minimum atomic E-state index is 0. The van der Waals surface area contributed by atoms with Crippen molar-refractivity contribution in [2.75, 3.05) is 69.2 Å². The molecule has 0 atom stereocenters. The average molecular weight is 455 g/mol. The van der Waals surface area contributed by atoms with Gasteiger partial charge in [0.15, 0.2) is 0 Å². The second-order valence-electron chi connectivity index (χ2n) is 9.37. The summed E-state index contributed by atoms with van der Waals surface area (Å²) in [6, 6.07) is 0.883. The van der Waals surface area contributed by atoms with E-state index in [2.05, 4.69) is 46.6 Å². The number of hydrogen-bond acceptors (Lipinski definition) is 8. The Morgan fingerprint density at radius 3 is 1.64 bits per heavy atom. The van der Waals surface area contributed by atoms with E-state index in [1.807, 2.05) is 38.6 Å². The predicted octanol–water partition coefficient (Wildman–Crippen LogP) is 3.02. The normalized spacial score (nSPS) is 20.2. The lowest BCUT2D eigenvalue weighted by atomic mass is 10.4. The summed E-state index contributed by atoms with van der Waals surface area (Å²) in [4.78, 5) is 27.2. The molecule has 2 saturated heterocycles. The van der Waals surface area contributed by atoms with Crippen molar-refractivity contribution in [2.24, 2.45) is 0 Å². The van der Waals surface area contributed by atoms with Crippen molar-refractivity contribution in [3.63, 3.8) is 0 Å². The molecule has 1 aliphatic carbocycles. The van der Waals surface area contributed by atoms with Crippen LogP contribution in [0.5, 0.6) is 0 Å². The highest BCUT2D eigenvalue weighted by Crippen LogP contribution is 2.27. The fourth-order valence-corrected chi connectivity index (χ4v) is 4.29. The maximum Gasteiger partial charge on any atom is 0.225 e. The molecule has 5 rings (SSSR count). The van der Waals surface area contributed by atoms with Crippen LogP contribution < -0.4 is 9.80 Å². The van der Waals surface area contributed by atoms with Gasteiger partial charge in [-0.05, 0) is 64.3 Å². The van der Waals surface area contributed by atoms with Gasteiger partial charge in [-0.3, -0.25) is 4.90 Å². The third kappa shape index (κ3) is 7.61. The maximum atomic E-state index is 4.43. The van der Waals surface area contributed by atoms with Gasteiger partial charge in [0.1, 0.15) is 0 Å². The van der Waals surface area contributed by atoms with Gasteiger partial charge in [-0.1, -0.05) is 7.43 Å². The first kappa shape index (κ1) is 25.3. The number of rotatable bonds is 3. The molecule has 3 aliphatic rings. The van der Waals surface area contributed by atoms with Crippen molar-refractivity contribution in [1.29, 1.82) is 0 Å². The third-order valence-corrected chi connectivity index (χ3v) is 6.41. The quantitative estimate of drug-likeness (QED) is 0.701. The fourth-order valence-electron chi connectivity index (χ4n) is 4.29. The largest absolute Gasteiger partial charge is 0.339 e. The summed E-state index contributed by atoms with van der Waals surface area (Å²) >= 11 is 0. The second kappa shape index (κ2) is 12.2. The molecule has 0 bridgehead atoms. The molecule has 182 valence electrons. The Bertz CT molecular complexity index is 821. The van der Waals surface area contributed by atoms with E-state index in [0.29, 0.717) is 0 Å². The average Bonchev–Trinajstić information content (AvgIpc) is 3.65. The first-order chi connectivity index (χ1) is 15.6. The van der Waals surface area contributed by atoms with Crippen molar-refractivity contribution in [1.82, 2.24) is 29.7 Å². The molecule has 3 fully saturated rings. The second-order valence-corrected chi connectivity index (χ2v) is 9.37. The summed E-state index contributed by atoms with van der Waals surface area (Å²) < 4.78 is 0. The fraction of sp³-hybridized carbons (Fsp3) is 0.680. The van der Waals surface area contributed by atoms with Crippen LogP contribution in [0, 0.1) is 13.8 Å². The van der Waals surface area contributed by atoms with E-state index in [9.17, 15) is 0 Å². The molecule has 0 unspecified atom stereocenters. The van der Waals surface area contributed by atoms with Gasteiger partial charge >= 0.3 is 0 Å². The zero-order valence-corrected chi connectivity index (χ0v) is 19.9. The summed E-state index contributed by atoms with van der Waals surface area (Å²) in [6.45, 7) is 13.0. The Kier molecular flexibility index (Phi) is 9.38. The lowest BCUT2D eigenvalue weighted by molar-refractivity contribution is 0.283. The van der Waals surface area contributed by atoms with Gasteiger partial charge in [0, 0.05) is 76.6 Å². The van der Waals surface area contributed by atoms with Crippen LogP contribution in [0.2, 0.25) is 0 Å². The molecule has 0 amide bonds. The zero-order chi connectivity index (χ0) is 22.3. The van der Waals surface area contributed by atoms with E-state index in [1.54, 1.807) is 0 Å². The third-order valence-electron chi connectivity index (χ3n) is 6.41. The summed E-state index contributed by atoms with van der Waals surface area (Å²) in [7, 11) is 2.17. The van der Waals surface area contributed by atoms with Gasteiger partial charge in [0.25, 0.3) is 0 Å². The Labute approximate surface area is 200 Å². The molecular weight excluding hydrogens is 412 g/mol. The van der Waals surface area contributed by atoms with E-state index in [4.69, 9.17) is 0 Å². The molecule has 0 spiro atoms. The molecule has 2 aliphatic heterocycles. The van der Waals surface area contributed by atoms with Crippen molar-refractivity contribution in [3.05, 3.63) is 35.9 Å². The number of aromatic nitrogens is 4. The topological polar surface area (TPSA) is 64.5 Å². The Hall–Kier alpha value is -2.32. The molecule has 8 heteroatoms. The Morgan fingerprint density at radius 1 is 0.636 bits per heavy atom. The molecular formula is C25H42N8. The first-order valence-electron chi connectivity index (χ1n) is 12.1. The number of likely N-dealkylation sites (N-methyl/N-ethyl adjacent to an activating group) is 1. The smallest absolute Gasteiger partial charge is 0.225 e.